The molecule has 0 bridgehead atoms. The van der Waals surface area contributed by atoms with Gasteiger partial charge in [0.1, 0.15) is 17.6 Å². The van der Waals surface area contributed by atoms with Gasteiger partial charge in [0.2, 0.25) is 0 Å². The van der Waals surface area contributed by atoms with Crippen molar-refractivity contribution in [2.24, 2.45) is 5.92 Å². The van der Waals surface area contributed by atoms with Crippen molar-refractivity contribution in [1.82, 2.24) is 4.90 Å². The number of aliphatic hydroxyl groups is 1. The minimum atomic E-state index is -4.67. The van der Waals surface area contributed by atoms with Crippen molar-refractivity contribution in [2.45, 2.75) is 24.2 Å². The van der Waals surface area contributed by atoms with Crippen LogP contribution < -0.4 is 0 Å². The van der Waals surface area contributed by atoms with Crippen molar-refractivity contribution in [3.8, 4) is 11.3 Å². The minimum Gasteiger partial charge on any atom is -0.481 e. The molecule has 3 unspecified atom stereocenters. The molecular formula is C25H19ClF3NO7. The number of rotatable bonds is 6. The smallest absolute Gasteiger partial charge is 0.416 e. The summed E-state index contributed by atoms with van der Waals surface area (Å²) in [5, 5.41) is 30.5. The molecule has 3 N–H and O–H groups in total. The van der Waals surface area contributed by atoms with Gasteiger partial charge in [0.15, 0.2) is 5.54 Å². The molecule has 0 spiro atoms. The van der Waals surface area contributed by atoms with Gasteiger partial charge in [0.05, 0.1) is 18.1 Å². The third kappa shape index (κ3) is 4.67. The van der Waals surface area contributed by atoms with E-state index in [-0.39, 0.29) is 17.1 Å². The van der Waals surface area contributed by atoms with E-state index in [2.05, 4.69) is 0 Å². The molecule has 1 fully saturated rings. The van der Waals surface area contributed by atoms with Crippen LogP contribution in [-0.2, 0) is 15.8 Å². The zero-order valence-corrected chi connectivity index (χ0v) is 19.5. The highest BCUT2D eigenvalue weighted by molar-refractivity contribution is 6.30. The fraction of sp³-hybridized carbons (Fsp3) is 0.240. The number of carbonyl (C=O) groups excluding carboxylic acids is 1. The van der Waals surface area contributed by atoms with E-state index in [0.29, 0.717) is 27.6 Å². The van der Waals surface area contributed by atoms with E-state index in [4.69, 9.17) is 16.0 Å². The van der Waals surface area contributed by atoms with Crippen LogP contribution in [0.1, 0.15) is 34.1 Å². The van der Waals surface area contributed by atoms with Crippen molar-refractivity contribution >= 4 is 29.4 Å². The summed E-state index contributed by atoms with van der Waals surface area (Å²) in [4.78, 5) is 38.8. The summed E-state index contributed by atoms with van der Waals surface area (Å²) in [6.45, 7) is -1.14. The van der Waals surface area contributed by atoms with Crippen molar-refractivity contribution in [3.63, 3.8) is 0 Å². The number of aliphatic carboxylic acids is 2. The number of halogens is 4. The van der Waals surface area contributed by atoms with Crippen molar-refractivity contribution in [3.05, 3.63) is 82.6 Å². The van der Waals surface area contributed by atoms with Gasteiger partial charge in [-0.3, -0.25) is 9.59 Å². The molecule has 2 heterocycles. The van der Waals surface area contributed by atoms with Crippen LogP contribution in [-0.4, -0.2) is 50.2 Å². The Labute approximate surface area is 212 Å². The highest BCUT2D eigenvalue weighted by Crippen LogP contribution is 2.49. The highest BCUT2D eigenvalue weighted by Gasteiger charge is 2.61. The third-order valence-corrected chi connectivity index (χ3v) is 6.63. The second-order valence-corrected chi connectivity index (χ2v) is 8.98. The zero-order chi connectivity index (χ0) is 27.1. The number of amides is 1. The Kier molecular flexibility index (Phi) is 6.78. The zero-order valence-electron chi connectivity index (χ0n) is 18.8. The van der Waals surface area contributed by atoms with E-state index < -0.39 is 60.1 Å². The SMILES string of the molecule is O=C(O)C1CC(CO)(C(=O)O)N(C(=O)c2ccc(C(F)(F)F)cc2)C1c1ccc(-c2ccc(Cl)cc2)o1. The van der Waals surface area contributed by atoms with Gasteiger partial charge in [-0.25, -0.2) is 4.79 Å². The van der Waals surface area contributed by atoms with Crippen molar-refractivity contribution in [2.75, 3.05) is 6.61 Å². The summed E-state index contributed by atoms with van der Waals surface area (Å²) in [5.41, 5.74) is -3.17. The summed E-state index contributed by atoms with van der Waals surface area (Å²) < 4.78 is 44.9. The number of benzene rings is 2. The first-order valence-electron chi connectivity index (χ1n) is 10.8. The first-order valence-corrected chi connectivity index (χ1v) is 11.2. The van der Waals surface area contributed by atoms with Gasteiger partial charge < -0.3 is 24.6 Å². The van der Waals surface area contributed by atoms with Gasteiger partial charge in [-0.1, -0.05) is 11.6 Å². The maximum absolute atomic E-state index is 13.6. The molecule has 12 heteroatoms. The Morgan fingerprint density at radius 3 is 2.14 bits per heavy atom. The van der Waals surface area contributed by atoms with Crippen LogP contribution in [0.4, 0.5) is 13.2 Å². The number of carboxylic acid groups (broad SMARTS) is 2. The van der Waals surface area contributed by atoms with Crippen LogP contribution in [0, 0.1) is 5.92 Å². The molecular weight excluding hydrogens is 519 g/mol. The van der Waals surface area contributed by atoms with Crippen molar-refractivity contribution in [1.29, 1.82) is 0 Å². The average molecular weight is 538 g/mol. The number of furan rings is 1. The molecule has 0 radical (unpaired) electrons. The molecule has 4 rings (SSSR count). The largest absolute Gasteiger partial charge is 0.481 e. The summed E-state index contributed by atoms with van der Waals surface area (Å²) in [6, 6.07) is 10.9. The molecule has 194 valence electrons. The van der Waals surface area contributed by atoms with E-state index in [1.165, 1.54) is 12.1 Å². The van der Waals surface area contributed by atoms with E-state index in [1.807, 2.05) is 0 Å². The van der Waals surface area contributed by atoms with E-state index in [1.54, 1.807) is 24.3 Å². The number of likely N-dealkylation sites (tertiary alicyclic amines) is 1. The monoisotopic (exact) mass is 537 g/mol. The lowest BCUT2D eigenvalue weighted by Gasteiger charge is -2.36. The van der Waals surface area contributed by atoms with Crippen LogP contribution in [0.2, 0.25) is 5.02 Å². The van der Waals surface area contributed by atoms with Gasteiger partial charge in [0.25, 0.3) is 5.91 Å². The molecule has 3 atom stereocenters. The molecule has 3 aromatic rings. The number of nitrogens with zero attached hydrogens (tertiary/aromatic N) is 1. The van der Waals surface area contributed by atoms with Gasteiger partial charge >= 0.3 is 18.1 Å². The van der Waals surface area contributed by atoms with Crippen molar-refractivity contribution < 1.29 is 47.3 Å². The molecule has 37 heavy (non-hydrogen) atoms. The first kappa shape index (κ1) is 26.2. The number of alkyl halides is 3. The highest BCUT2D eigenvalue weighted by atomic mass is 35.5. The Hall–Kier alpha value is -3.83. The molecule has 1 saturated heterocycles. The minimum absolute atomic E-state index is 0.0748. The Morgan fingerprint density at radius 2 is 1.62 bits per heavy atom. The van der Waals surface area contributed by atoms with Crippen LogP contribution in [0.25, 0.3) is 11.3 Å². The standard InChI is InChI=1S/C25H19ClF3NO7/c26-16-7-3-13(4-8-16)18-9-10-19(37-18)20-17(22(33)34)11-24(12-31,23(35)36)30(20)21(32)14-1-5-15(6-2-14)25(27,28)29/h1-10,17,20,31H,11-12H2,(H,33,34)(H,35,36). The number of hydrogen-bond donors (Lipinski definition) is 3. The van der Waals surface area contributed by atoms with Crippen LogP contribution in [0.15, 0.2) is 65.1 Å². The normalized spacial score (nSPS) is 21.7. The first-order chi connectivity index (χ1) is 17.4. The lowest BCUT2D eigenvalue weighted by Crippen LogP contribution is -2.56. The molecule has 0 saturated carbocycles. The fourth-order valence-corrected chi connectivity index (χ4v) is 4.64. The quantitative estimate of drug-likeness (QED) is 0.415. The topological polar surface area (TPSA) is 128 Å². The Balaban J connectivity index is 1.83. The summed E-state index contributed by atoms with van der Waals surface area (Å²) in [7, 11) is 0. The van der Waals surface area contributed by atoms with Crippen LogP contribution >= 0.6 is 11.6 Å². The number of hydrogen-bond acceptors (Lipinski definition) is 5. The Bertz CT molecular complexity index is 1340. The number of carboxylic acids is 2. The summed E-state index contributed by atoms with van der Waals surface area (Å²) >= 11 is 5.90. The van der Waals surface area contributed by atoms with Gasteiger partial charge in [-0.2, -0.15) is 13.2 Å². The molecule has 1 aliphatic rings. The summed E-state index contributed by atoms with van der Waals surface area (Å²) in [6.07, 6.45) is -5.34. The van der Waals surface area contributed by atoms with E-state index in [9.17, 15) is 42.9 Å². The second kappa shape index (κ2) is 9.56. The van der Waals surface area contributed by atoms with Gasteiger partial charge in [-0.15, -0.1) is 0 Å². The molecule has 2 aromatic carbocycles. The molecule has 1 amide bonds. The van der Waals surface area contributed by atoms with E-state index >= 15 is 0 Å². The molecule has 0 aliphatic carbocycles. The van der Waals surface area contributed by atoms with Gasteiger partial charge in [0, 0.05) is 16.1 Å². The molecule has 1 aliphatic heterocycles. The summed E-state index contributed by atoms with van der Waals surface area (Å²) in [5.74, 6) is -5.51. The maximum Gasteiger partial charge on any atom is 0.416 e. The maximum atomic E-state index is 13.6. The van der Waals surface area contributed by atoms with E-state index in [0.717, 1.165) is 12.1 Å². The number of carbonyl (C=O) groups is 3. The second-order valence-electron chi connectivity index (χ2n) is 8.55. The van der Waals surface area contributed by atoms with Crippen LogP contribution in [0.3, 0.4) is 0 Å². The lowest BCUT2D eigenvalue weighted by molar-refractivity contribution is -0.151. The third-order valence-electron chi connectivity index (χ3n) is 6.38. The lowest BCUT2D eigenvalue weighted by atomic mass is 9.91. The fourth-order valence-electron chi connectivity index (χ4n) is 4.51. The Morgan fingerprint density at radius 1 is 1.00 bits per heavy atom. The predicted octanol–water partition coefficient (Wildman–Crippen LogP) is 4.72. The molecule has 8 nitrogen and oxygen atoms in total. The number of aliphatic hydroxyl groups excluding tert-OH is 1. The van der Waals surface area contributed by atoms with Crippen LogP contribution in [0.5, 0.6) is 0 Å². The molecule has 1 aromatic heterocycles. The van der Waals surface area contributed by atoms with Gasteiger partial charge in [-0.05, 0) is 67.1 Å². The average Bonchev–Trinajstić information content (AvgIpc) is 3.47. The predicted molar refractivity (Wildman–Crippen MR) is 123 cm³/mol.